The molecule has 1 aliphatic rings. The lowest BCUT2D eigenvalue weighted by atomic mass is 9.89. The number of ether oxygens (including phenoxy) is 2. The zero-order chi connectivity index (χ0) is 21.9. The minimum absolute atomic E-state index is 0.270. The Morgan fingerprint density at radius 1 is 1.23 bits per heavy atom. The van der Waals surface area contributed by atoms with E-state index in [0.29, 0.717) is 24.5 Å². The molecule has 7 nitrogen and oxygen atoms in total. The highest BCUT2D eigenvalue weighted by molar-refractivity contribution is 7.92. The number of anilines is 1. The second-order valence-corrected chi connectivity index (χ2v) is 9.83. The van der Waals surface area contributed by atoms with Crippen LogP contribution in [0, 0.1) is 0 Å². The Labute approximate surface area is 178 Å². The highest BCUT2D eigenvalue weighted by atomic mass is 32.2. The van der Waals surface area contributed by atoms with Crippen LogP contribution in [-0.2, 0) is 14.8 Å². The summed E-state index contributed by atoms with van der Waals surface area (Å²) in [6.07, 6.45) is 1.66. The highest BCUT2D eigenvalue weighted by Crippen LogP contribution is 2.39. The van der Waals surface area contributed by atoms with Crippen LogP contribution in [0.5, 0.6) is 11.5 Å². The molecular weight excluding hydrogens is 404 g/mol. The molecule has 0 bridgehead atoms. The molecule has 0 radical (unpaired) electrons. The van der Waals surface area contributed by atoms with E-state index in [9.17, 15) is 13.2 Å². The lowest BCUT2D eigenvalue weighted by molar-refractivity contribution is -0.120. The third kappa shape index (κ3) is 5.24. The Hall–Kier alpha value is -2.74. The summed E-state index contributed by atoms with van der Waals surface area (Å²) in [5.74, 6) is 0.882. The lowest BCUT2D eigenvalue weighted by Crippen LogP contribution is -2.45. The normalized spacial score (nSPS) is 17.4. The second kappa shape index (κ2) is 8.55. The van der Waals surface area contributed by atoms with Crippen LogP contribution in [0.25, 0.3) is 0 Å². The van der Waals surface area contributed by atoms with Crippen LogP contribution >= 0.6 is 0 Å². The molecule has 0 spiro atoms. The van der Waals surface area contributed by atoms with E-state index in [2.05, 4.69) is 5.32 Å². The number of rotatable bonds is 7. The van der Waals surface area contributed by atoms with Gasteiger partial charge in [-0.2, -0.15) is 0 Å². The first kappa shape index (κ1) is 22.0. The van der Waals surface area contributed by atoms with Crippen LogP contribution in [0.3, 0.4) is 0 Å². The van der Waals surface area contributed by atoms with Crippen molar-refractivity contribution in [3.8, 4) is 11.5 Å². The third-order valence-electron chi connectivity index (χ3n) is 4.82. The molecule has 1 amide bonds. The van der Waals surface area contributed by atoms with Crippen molar-refractivity contribution in [3.63, 3.8) is 0 Å². The van der Waals surface area contributed by atoms with Gasteiger partial charge < -0.3 is 14.8 Å². The molecule has 162 valence electrons. The predicted octanol–water partition coefficient (Wildman–Crippen LogP) is 3.27. The molecule has 1 N–H and O–H groups in total. The van der Waals surface area contributed by atoms with Crippen LogP contribution < -0.4 is 19.1 Å². The molecule has 0 unspecified atom stereocenters. The van der Waals surface area contributed by atoms with E-state index in [0.717, 1.165) is 21.9 Å². The van der Waals surface area contributed by atoms with Gasteiger partial charge in [-0.15, -0.1) is 0 Å². The molecule has 8 heteroatoms. The summed E-state index contributed by atoms with van der Waals surface area (Å²) < 4.78 is 37.4. The number of fused-ring (bicyclic) bond motifs is 1. The minimum atomic E-state index is -3.68. The monoisotopic (exact) mass is 432 g/mol. The van der Waals surface area contributed by atoms with E-state index in [1.54, 1.807) is 24.3 Å². The Bertz CT molecular complexity index is 1020. The molecule has 0 aromatic heterocycles. The number of hydrogen-bond donors (Lipinski definition) is 1. The molecule has 0 saturated carbocycles. The van der Waals surface area contributed by atoms with Gasteiger partial charge in [0.05, 0.1) is 24.6 Å². The Balaban J connectivity index is 1.82. The van der Waals surface area contributed by atoms with Crippen molar-refractivity contribution >= 4 is 21.6 Å². The Morgan fingerprint density at radius 3 is 2.67 bits per heavy atom. The molecule has 30 heavy (non-hydrogen) atoms. The summed E-state index contributed by atoms with van der Waals surface area (Å²) in [5, 5.41) is 2.99. The molecule has 3 rings (SSSR count). The van der Waals surface area contributed by atoms with E-state index < -0.39 is 15.6 Å². The van der Waals surface area contributed by atoms with Crippen molar-refractivity contribution in [2.24, 2.45) is 0 Å². The van der Waals surface area contributed by atoms with E-state index >= 15 is 0 Å². The molecular formula is C22H28N2O5S. The number of nitrogens with zero attached hydrogens (tertiary/aromatic N) is 1. The fraction of sp³-hybridized carbons (Fsp3) is 0.409. The number of carbonyl (C=O) groups is 1. The van der Waals surface area contributed by atoms with Crippen molar-refractivity contribution in [1.29, 1.82) is 0 Å². The van der Waals surface area contributed by atoms with Crippen molar-refractivity contribution in [1.82, 2.24) is 5.32 Å². The minimum Gasteiger partial charge on any atom is -0.494 e. The second-order valence-electron chi connectivity index (χ2n) is 7.92. The number of sulfonamides is 1. The lowest BCUT2D eigenvalue weighted by Gasteiger charge is -2.38. The maximum atomic E-state index is 12.9. The topological polar surface area (TPSA) is 84.9 Å². The molecule has 2 aromatic rings. The predicted molar refractivity (Wildman–Crippen MR) is 116 cm³/mol. The van der Waals surface area contributed by atoms with Gasteiger partial charge in [-0.05, 0) is 39.0 Å². The van der Waals surface area contributed by atoms with E-state index in [1.165, 1.54) is 0 Å². The maximum absolute atomic E-state index is 12.9. The molecule has 1 atom stereocenters. The van der Waals surface area contributed by atoms with Gasteiger partial charge in [-0.1, -0.05) is 24.3 Å². The summed E-state index contributed by atoms with van der Waals surface area (Å²) in [6, 6.07) is 14.0. The first-order valence-corrected chi connectivity index (χ1v) is 11.7. The number of benzene rings is 2. The van der Waals surface area contributed by atoms with Gasteiger partial charge >= 0.3 is 0 Å². The fourth-order valence-electron chi connectivity index (χ4n) is 3.60. The van der Waals surface area contributed by atoms with Gasteiger partial charge in [0, 0.05) is 18.1 Å². The molecule has 0 aliphatic carbocycles. The first-order chi connectivity index (χ1) is 14.1. The zero-order valence-corrected chi connectivity index (χ0v) is 18.5. The van der Waals surface area contributed by atoms with Gasteiger partial charge in [0.15, 0.2) is 0 Å². The van der Waals surface area contributed by atoms with E-state index in [4.69, 9.17) is 9.47 Å². The van der Waals surface area contributed by atoms with Crippen LogP contribution in [0.2, 0.25) is 0 Å². The number of hydrogen-bond acceptors (Lipinski definition) is 5. The van der Waals surface area contributed by atoms with E-state index in [-0.39, 0.29) is 18.5 Å². The van der Waals surface area contributed by atoms with Gasteiger partial charge in [0.2, 0.25) is 15.9 Å². The SMILES string of the molecule is CCOc1cccc(N(CC(=O)N[C@@H]2CC(C)(C)Oc3ccccc32)S(C)(=O)=O)c1. The summed E-state index contributed by atoms with van der Waals surface area (Å²) in [4.78, 5) is 12.9. The third-order valence-corrected chi connectivity index (χ3v) is 5.96. The molecule has 1 aliphatic heterocycles. The van der Waals surface area contributed by atoms with Crippen molar-refractivity contribution in [3.05, 3.63) is 54.1 Å². The highest BCUT2D eigenvalue weighted by Gasteiger charge is 2.34. The number of para-hydroxylation sites is 1. The van der Waals surface area contributed by atoms with Crippen molar-refractivity contribution in [2.75, 3.05) is 23.7 Å². The molecule has 2 aromatic carbocycles. The largest absolute Gasteiger partial charge is 0.494 e. The average Bonchev–Trinajstić information content (AvgIpc) is 2.65. The smallest absolute Gasteiger partial charge is 0.241 e. The molecule has 1 heterocycles. The number of nitrogens with one attached hydrogen (secondary N) is 1. The summed E-state index contributed by atoms with van der Waals surface area (Å²) in [7, 11) is -3.68. The Morgan fingerprint density at radius 2 is 1.97 bits per heavy atom. The van der Waals surface area contributed by atoms with Crippen LogP contribution in [-0.4, -0.2) is 39.3 Å². The number of amides is 1. The summed E-state index contributed by atoms with van der Waals surface area (Å²) in [6.45, 7) is 5.91. The Kier molecular flexibility index (Phi) is 6.26. The van der Waals surface area contributed by atoms with Gasteiger partial charge in [-0.25, -0.2) is 8.42 Å². The van der Waals surface area contributed by atoms with Gasteiger partial charge in [-0.3, -0.25) is 9.10 Å². The first-order valence-electron chi connectivity index (χ1n) is 9.87. The quantitative estimate of drug-likeness (QED) is 0.726. The van der Waals surface area contributed by atoms with Crippen LogP contribution in [0.4, 0.5) is 5.69 Å². The average molecular weight is 433 g/mol. The standard InChI is InChI=1S/C22H28N2O5S/c1-5-28-17-10-8-9-16(13-17)24(30(4,26)27)15-21(25)23-19-14-22(2,3)29-20-12-7-6-11-18(19)20/h6-13,19H,5,14-15H2,1-4H3,(H,23,25)/t19-/m1/s1. The van der Waals surface area contributed by atoms with E-state index in [1.807, 2.05) is 45.0 Å². The van der Waals surface area contributed by atoms with Gasteiger partial charge in [0.25, 0.3) is 0 Å². The summed E-state index contributed by atoms with van der Waals surface area (Å²) >= 11 is 0. The van der Waals surface area contributed by atoms with Crippen LogP contribution in [0.1, 0.15) is 38.8 Å². The van der Waals surface area contributed by atoms with Crippen LogP contribution in [0.15, 0.2) is 48.5 Å². The number of carbonyl (C=O) groups excluding carboxylic acids is 1. The van der Waals surface area contributed by atoms with Crippen molar-refractivity contribution < 1.29 is 22.7 Å². The summed E-state index contributed by atoms with van der Waals surface area (Å²) in [5.41, 5.74) is 0.815. The zero-order valence-electron chi connectivity index (χ0n) is 17.7. The van der Waals surface area contributed by atoms with Gasteiger partial charge in [0.1, 0.15) is 23.6 Å². The van der Waals surface area contributed by atoms with Crippen molar-refractivity contribution in [2.45, 2.75) is 38.8 Å². The molecule has 0 saturated heterocycles. The maximum Gasteiger partial charge on any atom is 0.241 e. The fourth-order valence-corrected chi connectivity index (χ4v) is 4.44. The molecule has 0 fully saturated rings.